The highest BCUT2D eigenvalue weighted by atomic mass is 16.6. The number of benzene rings is 2. The van der Waals surface area contributed by atoms with E-state index in [0.29, 0.717) is 17.5 Å². The van der Waals surface area contributed by atoms with Crippen LogP contribution in [0.2, 0.25) is 0 Å². The molecule has 0 saturated carbocycles. The number of carbonyl (C=O) groups excluding carboxylic acids is 3. The summed E-state index contributed by atoms with van der Waals surface area (Å²) in [6, 6.07) is 11.7. The van der Waals surface area contributed by atoms with E-state index >= 15 is 0 Å². The van der Waals surface area contributed by atoms with Gasteiger partial charge in [-0.3, -0.25) is 19.7 Å². The van der Waals surface area contributed by atoms with Gasteiger partial charge >= 0.3 is 0 Å². The number of nitrogens with zero attached hydrogens (tertiary/aromatic N) is 2. The van der Waals surface area contributed by atoms with E-state index in [4.69, 9.17) is 0 Å². The first-order valence-electron chi connectivity index (χ1n) is 8.07. The molecule has 7 nitrogen and oxygen atoms in total. The summed E-state index contributed by atoms with van der Waals surface area (Å²) >= 11 is 0. The summed E-state index contributed by atoms with van der Waals surface area (Å²) in [5.41, 5.74) is 0.931. The number of fused-ring (bicyclic) bond motifs is 1. The number of para-hydroxylation sites is 2. The summed E-state index contributed by atoms with van der Waals surface area (Å²) in [6.07, 6.45) is 0.509. The van der Waals surface area contributed by atoms with Gasteiger partial charge in [0, 0.05) is 36.5 Å². The van der Waals surface area contributed by atoms with Crippen LogP contribution in [-0.2, 0) is 9.59 Å². The Morgan fingerprint density at radius 2 is 1.88 bits per heavy atom. The lowest BCUT2D eigenvalue weighted by atomic mass is 9.85. The Balaban J connectivity index is 2.17. The zero-order chi connectivity index (χ0) is 18.8. The number of ketones is 1. The minimum atomic E-state index is -0.990. The Morgan fingerprint density at radius 3 is 2.54 bits per heavy atom. The van der Waals surface area contributed by atoms with Crippen LogP contribution in [0.3, 0.4) is 0 Å². The molecule has 2 aromatic rings. The lowest BCUT2D eigenvalue weighted by molar-refractivity contribution is -0.385. The number of aldehydes is 1. The van der Waals surface area contributed by atoms with Crippen molar-refractivity contribution < 1.29 is 19.3 Å². The molecule has 1 heterocycles. The van der Waals surface area contributed by atoms with Gasteiger partial charge in [0.2, 0.25) is 5.91 Å². The molecule has 0 N–H and O–H groups in total. The first kappa shape index (κ1) is 17.5. The van der Waals surface area contributed by atoms with E-state index in [0.717, 1.165) is 0 Å². The molecule has 3 rings (SSSR count). The number of nitro groups is 1. The van der Waals surface area contributed by atoms with E-state index in [-0.39, 0.29) is 29.4 Å². The van der Waals surface area contributed by atoms with E-state index in [1.165, 1.54) is 30.0 Å². The largest absolute Gasteiger partial charge is 0.303 e. The number of nitro benzene ring substituents is 1. The molecule has 0 fully saturated rings. The highest BCUT2D eigenvalue weighted by Crippen LogP contribution is 2.41. The van der Waals surface area contributed by atoms with Crippen molar-refractivity contribution in [2.45, 2.75) is 25.3 Å². The van der Waals surface area contributed by atoms with Crippen LogP contribution in [0.5, 0.6) is 0 Å². The molecule has 0 unspecified atom stereocenters. The van der Waals surface area contributed by atoms with E-state index < -0.39 is 16.9 Å². The molecule has 1 aliphatic heterocycles. The van der Waals surface area contributed by atoms with Gasteiger partial charge in [0.05, 0.1) is 10.6 Å². The Labute approximate surface area is 149 Å². The van der Waals surface area contributed by atoms with Gasteiger partial charge in [-0.2, -0.15) is 0 Å². The van der Waals surface area contributed by atoms with Crippen molar-refractivity contribution in [3.8, 4) is 0 Å². The zero-order valence-electron chi connectivity index (χ0n) is 14.0. The topological polar surface area (TPSA) is 97.6 Å². The second-order valence-corrected chi connectivity index (χ2v) is 6.04. The van der Waals surface area contributed by atoms with Crippen LogP contribution < -0.4 is 4.90 Å². The average molecular weight is 352 g/mol. The van der Waals surface area contributed by atoms with Gasteiger partial charge in [-0.25, -0.2) is 0 Å². The quantitative estimate of drug-likeness (QED) is 0.468. The third kappa shape index (κ3) is 2.77. The molecular weight excluding hydrogens is 336 g/mol. The number of carbonyl (C=O) groups is 3. The summed E-state index contributed by atoms with van der Waals surface area (Å²) in [5.74, 6) is -1.48. The van der Waals surface area contributed by atoms with Gasteiger partial charge in [0.1, 0.15) is 12.3 Å². The molecule has 0 radical (unpaired) electrons. The van der Waals surface area contributed by atoms with Crippen LogP contribution in [0.4, 0.5) is 11.4 Å². The van der Waals surface area contributed by atoms with Gasteiger partial charge < -0.3 is 9.69 Å². The number of Topliss-reactive ketones (excluding diaryl/α,β-unsaturated/α-hetero) is 1. The van der Waals surface area contributed by atoms with Gasteiger partial charge in [-0.1, -0.05) is 30.3 Å². The standard InChI is InChI=1S/C19H16N2O5/c1-12(23)20-16-8-4-3-7-15(16)19(24)18(20)14(10-11-22)13-6-2-5-9-17(13)21(25)26/h2-9,11,14,18H,10H2,1H3/t14-,18+/m0/s1. The van der Waals surface area contributed by atoms with Crippen LogP contribution >= 0.6 is 0 Å². The molecule has 1 aliphatic rings. The van der Waals surface area contributed by atoms with Crippen LogP contribution in [-0.4, -0.2) is 28.9 Å². The van der Waals surface area contributed by atoms with Crippen LogP contribution in [0.25, 0.3) is 0 Å². The molecule has 1 amide bonds. The van der Waals surface area contributed by atoms with Crippen molar-refractivity contribution in [2.24, 2.45) is 0 Å². The summed E-state index contributed by atoms with van der Waals surface area (Å²) in [5, 5.41) is 11.4. The van der Waals surface area contributed by atoms with E-state index in [2.05, 4.69) is 0 Å². The number of amides is 1. The van der Waals surface area contributed by atoms with Gasteiger partial charge in [-0.15, -0.1) is 0 Å². The molecule has 26 heavy (non-hydrogen) atoms. The maximum atomic E-state index is 13.0. The van der Waals surface area contributed by atoms with Crippen molar-refractivity contribution in [2.75, 3.05) is 4.90 Å². The van der Waals surface area contributed by atoms with Gasteiger partial charge in [0.15, 0.2) is 5.78 Å². The Morgan fingerprint density at radius 1 is 1.23 bits per heavy atom. The average Bonchev–Trinajstić information content (AvgIpc) is 2.93. The number of hydrogen-bond donors (Lipinski definition) is 0. The summed E-state index contributed by atoms with van der Waals surface area (Å²) in [4.78, 5) is 48.8. The maximum absolute atomic E-state index is 13.0. The summed E-state index contributed by atoms with van der Waals surface area (Å²) in [7, 11) is 0. The van der Waals surface area contributed by atoms with Crippen molar-refractivity contribution in [3.05, 3.63) is 69.8 Å². The minimum Gasteiger partial charge on any atom is -0.303 e. The third-order valence-electron chi connectivity index (χ3n) is 4.58. The van der Waals surface area contributed by atoms with Crippen molar-refractivity contribution in [1.29, 1.82) is 0 Å². The fraction of sp³-hybridized carbons (Fsp3) is 0.211. The second kappa shape index (κ2) is 6.87. The predicted octanol–water partition coefficient (Wildman–Crippen LogP) is 2.89. The predicted molar refractivity (Wildman–Crippen MR) is 94.2 cm³/mol. The summed E-state index contributed by atoms with van der Waals surface area (Å²) < 4.78 is 0. The lowest BCUT2D eigenvalue weighted by Crippen LogP contribution is -2.43. The van der Waals surface area contributed by atoms with E-state index in [1.807, 2.05) is 0 Å². The molecule has 132 valence electrons. The van der Waals surface area contributed by atoms with Gasteiger partial charge in [0.25, 0.3) is 5.69 Å². The molecule has 2 atom stereocenters. The van der Waals surface area contributed by atoms with Crippen LogP contribution in [0, 0.1) is 10.1 Å². The Bertz CT molecular complexity index is 908. The molecule has 0 bridgehead atoms. The smallest absolute Gasteiger partial charge is 0.272 e. The Hall–Kier alpha value is -3.35. The summed E-state index contributed by atoms with van der Waals surface area (Å²) in [6.45, 7) is 1.33. The zero-order valence-corrected chi connectivity index (χ0v) is 14.0. The first-order valence-corrected chi connectivity index (χ1v) is 8.07. The van der Waals surface area contributed by atoms with Crippen molar-refractivity contribution in [1.82, 2.24) is 0 Å². The normalized spacial score (nSPS) is 16.9. The number of anilines is 1. The van der Waals surface area contributed by atoms with Crippen molar-refractivity contribution in [3.63, 3.8) is 0 Å². The molecule has 0 saturated heterocycles. The third-order valence-corrected chi connectivity index (χ3v) is 4.58. The highest BCUT2D eigenvalue weighted by Gasteiger charge is 2.45. The van der Waals surface area contributed by atoms with E-state index in [9.17, 15) is 24.5 Å². The van der Waals surface area contributed by atoms with Crippen LogP contribution in [0.1, 0.15) is 35.2 Å². The molecule has 0 aromatic heterocycles. The molecule has 0 aliphatic carbocycles. The maximum Gasteiger partial charge on any atom is 0.272 e. The SMILES string of the molecule is CC(=O)N1c2ccccc2C(=O)[C@H]1[C@@H](CC=O)c1ccccc1[N+](=O)[O-]. The fourth-order valence-corrected chi connectivity index (χ4v) is 3.54. The van der Waals surface area contributed by atoms with E-state index in [1.54, 1.807) is 30.3 Å². The van der Waals surface area contributed by atoms with Crippen LogP contribution in [0.15, 0.2) is 48.5 Å². The molecule has 7 heteroatoms. The molecular formula is C19H16N2O5. The minimum absolute atomic E-state index is 0.112. The molecule has 2 aromatic carbocycles. The first-order chi connectivity index (χ1) is 12.5. The Kier molecular flexibility index (Phi) is 4.62. The highest BCUT2D eigenvalue weighted by molar-refractivity contribution is 6.18. The van der Waals surface area contributed by atoms with Gasteiger partial charge in [-0.05, 0) is 12.1 Å². The monoisotopic (exact) mass is 352 g/mol. The lowest BCUT2D eigenvalue weighted by Gasteiger charge is -2.29. The number of rotatable bonds is 5. The second-order valence-electron chi connectivity index (χ2n) is 6.04. The molecule has 0 spiro atoms. The number of hydrogen-bond acceptors (Lipinski definition) is 5. The fourth-order valence-electron chi connectivity index (χ4n) is 3.54. The van der Waals surface area contributed by atoms with Crippen molar-refractivity contribution >= 4 is 29.4 Å².